The van der Waals surface area contributed by atoms with Gasteiger partial charge in [0.05, 0.1) is 12.6 Å². The summed E-state index contributed by atoms with van der Waals surface area (Å²) in [5, 5.41) is 6.92. The van der Waals surface area contributed by atoms with Crippen molar-refractivity contribution in [2.75, 3.05) is 19.8 Å². The van der Waals surface area contributed by atoms with Crippen molar-refractivity contribution in [2.45, 2.75) is 25.3 Å². The van der Waals surface area contributed by atoms with Gasteiger partial charge in [-0.25, -0.2) is 0 Å². The molecule has 0 radical (unpaired) electrons. The summed E-state index contributed by atoms with van der Waals surface area (Å²) in [5.41, 5.74) is 0.934. The van der Waals surface area contributed by atoms with E-state index in [1.54, 1.807) is 6.92 Å². The van der Waals surface area contributed by atoms with Crippen LogP contribution in [0.4, 0.5) is 13.2 Å². The minimum Gasteiger partial charge on any atom is -0.370 e. The molecule has 2 heterocycles. The van der Waals surface area contributed by atoms with Gasteiger partial charge in [-0.3, -0.25) is 10.1 Å². The third-order valence-electron chi connectivity index (χ3n) is 2.97. The van der Waals surface area contributed by atoms with Gasteiger partial charge in [0, 0.05) is 6.54 Å². The lowest BCUT2D eigenvalue weighted by atomic mass is 10.2. The number of nitrogens with zero attached hydrogens (tertiary/aromatic N) is 1. The SMILES string of the molecule is CC1NC(c2ccsc2)N(CCOCC(F)(F)F)C1=O. The Hall–Kier alpha value is -1.12. The lowest BCUT2D eigenvalue weighted by Gasteiger charge is -2.23. The largest absolute Gasteiger partial charge is 0.411 e. The second-order valence-electron chi connectivity index (χ2n) is 4.55. The number of rotatable bonds is 5. The first kappa shape index (κ1) is 15.3. The molecule has 1 aliphatic heterocycles. The molecule has 0 aromatic carbocycles. The lowest BCUT2D eigenvalue weighted by Crippen LogP contribution is -2.34. The number of hydrogen-bond donors (Lipinski definition) is 1. The molecule has 1 aliphatic rings. The highest BCUT2D eigenvalue weighted by molar-refractivity contribution is 7.07. The van der Waals surface area contributed by atoms with Crippen molar-refractivity contribution in [1.82, 2.24) is 10.2 Å². The van der Waals surface area contributed by atoms with Crippen molar-refractivity contribution in [1.29, 1.82) is 0 Å². The Morgan fingerprint density at radius 2 is 2.25 bits per heavy atom. The van der Waals surface area contributed by atoms with Gasteiger partial charge in [0.2, 0.25) is 5.91 Å². The Kier molecular flexibility index (Phi) is 4.66. The summed E-state index contributed by atoms with van der Waals surface area (Å²) in [4.78, 5) is 13.5. The predicted molar refractivity (Wildman–Crippen MR) is 68.2 cm³/mol. The van der Waals surface area contributed by atoms with Gasteiger partial charge in [0.15, 0.2) is 0 Å². The van der Waals surface area contributed by atoms with Gasteiger partial charge in [-0.05, 0) is 29.3 Å². The molecule has 8 heteroatoms. The summed E-state index contributed by atoms with van der Waals surface area (Å²) in [7, 11) is 0. The summed E-state index contributed by atoms with van der Waals surface area (Å²) in [6, 6.07) is 1.54. The number of ether oxygens (including phenoxy) is 1. The Bertz CT molecular complexity index is 450. The van der Waals surface area contributed by atoms with Crippen LogP contribution in [0.3, 0.4) is 0 Å². The highest BCUT2D eigenvalue weighted by atomic mass is 32.1. The zero-order valence-electron chi connectivity index (χ0n) is 10.8. The van der Waals surface area contributed by atoms with E-state index in [-0.39, 0.29) is 31.3 Å². The highest BCUT2D eigenvalue weighted by Gasteiger charge is 2.37. The zero-order chi connectivity index (χ0) is 14.8. The fourth-order valence-corrected chi connectivity index (χ4v) is 2.75. The van der Waals surface area contributed by atoms with Crippen LogP contribution in [-0.4, -0.2) is 42.8 Å². The summed E-state index contributed by atoms with van der Waals surface area (Å²) < 4.78 is 40.5. The third-order valence-corrected chi connectivity index (χ3v) is 3.68. The van der Waals surface area contributed by atoms with Crippen LogP contribution in [0, 0.1) is 0 Å². The van der Waals surface area contributed by atoms with Crippen molar-refractivity contribution in [3.63, 3.8) is 0 Å². The van der Waals surface area contributed by atoms with Crippen LogP contribution in [0.1, 0.15) is 18.7 Å². The molecule has 4 nitrogen and oxygen atoms in total. The first-order valence-electron chi connectivity index (χ1n) is 6.11. The second-order valence-corrected chi connectivity index (χ2v) is 5.33. The Morgan fingerprint density at radius 1 is 1.50 bits per heavy atom. The number of carbonyl (C=O) groups excluding carboxylic acids is 1. The number of hydrogen-bond acceptors (Lipinski definition) is 4. The van der Waals surface area contributed by atoms with E-state index in [0.29, 0.717) is 0 Å². The van der Waals surface area contributed by atoms with E-state index in [1.807, 2.05) is 16.8 Å². The van der Waals surface area contributed by atoms with Crippen LogP contribution < -0.4 is 5.32 Å². The molecule has 2 rings (SSSR count). The van der Waals surface area contributed by atoms with Crippen molar-refractivity contribution in [2.24, 2.45) is 0 Å². The van der Waals surface area contributed by atoms with Gasteiger partial charge in [-0.15, -0.1) is 0 Å². The maximum Gasteiger partial charge on any atom is 0.411 e. The maximum atomic E-state index is 12.0. The van der Waals surface area contributed by atoms with Gasteiger partial charge in [-0.2, -0.15) is 24.5 Å². The molecule has 0 saturated carbocycles. The fourth-order valence-electron chi connectivity index (χ4n) is 2.07. The van der Waals surface area contributed by atoms with E-state index in [9.17, 15) is 18.0 Å². The quantitative estimate of drug-likeness (QED) is 0.848. The Balaban J connectivity index is 1.92. The van der Waals surface area contributed by atoms with Crippen molar-refractivity contribution in [3.8, 4) is 0 Å². The first-order chi connectivity index (χ1) is 9.38. The van der Waals surface area contributed by atoms with Crippen molar-refractivity contribution in [3.05, 3.63) is 22.4 Å². The number of alkyl halides is 3. The lowest BCUT2D eigenvalue weighted by molar-refractivity contribution is -0.175. The van der Waals surface area contributed by atoms with Crippen LogP contribution in [0.25, 0.3) is 0 Å². The summed E-state index contributed by atoms with van der Waals surface area (Å²) in [6.07, 6.45) is -4.63. The van der Waals surface area contributed by atoms with Gasteiger partial charge in [0.25, 0.3) is 0 Å². The molecule has 1 amide bonds. The zero-order valence-corrected chi connectivity index (χ0v) is 11.6. The minimum atomic E-state index is -4.34. The molecule has 1 aromatic rings. The number of thiophene rings is 1. The molecule has 2 atom stereocenters. The monoisotopic (exact) mass is 308 g/mol. The maximum absolute atomic E-state index is 12.0. The Morgan fingerprint density at radius 3 is 2.85 bits per heavy atom. The molecule has 0 aliphatic carbocycles. The fraction of sp³-hybridized carbons (Fsp3) is 0.583. The van der Waals surface area contributed by atoms with Crippen LogP contribution >= 0.6 is 11.3 Å². The van der Waals surface area contributed by atoms with E-state index in [1.165, 1.54) is 16.2 Å². The van der Waals surface area contributed by atoms with Crippen LogP contribution in [-0.2, 0) is 9.53 Å². The van der Waals surface area contributed by atoms with E-state index in [0.717, 1.165) is 5.56 Å². The third kappa shape index (κ3) is 3.71. The molecular weight excluding hydrogens is 293 g/mol. The van der Waals surface area contributed by atoms with E-state index >= 15 is 0 Å². The average molecular weight is 308 g/mol. The normalized spacial score (nSPS) is 23.6. The van der Waals surface area contributed by atoms with Gasteiger partial charge in [0.1, 0.15) is 12.8 Å². The highest BCUT2D eigenvalue weighted by Crippen LogP contribution is 2.26. The molecule has 0 spiro atoms. The summed E-state index contributed by atoms with van der Waals surface area (Å²) in [5.74, 6) is -0.128. The van der Waals surface area contributed by atoms with Gasteiger partial charge >= 0.3 is 6.18 Å². The van der Waals surface area contributed by atoms with Crippen LogP contribution in [0.5, 0.6) is 0 Å². The average Bonchev–Trinajstić information content (AvgIpc) is 2.95. The molecule has 1 fully saturated rings. The van der Waals surface area contributed by atoms with Crippen molar-refractivity contribution < 1.29 is 22.7 Å². The number of carbonyl (C=O) groups is 1. The van der Waals surface area contributed by atoms with E-state index in [4.69, 9.17) is 0 Å². The predicted octanol–water partition coefficient (Wildman–Crippen LogP) is 2.15. The molecule has 2 unspecified atom stereocenters. The number of halogens is 3. The second kappa shape index (κ2) is 6.11. The topological polar surface area (TPSA) is 41.6 Å². The van der Waals surface area contributed by atoms with Crippen LogP contribution in [0.2, 0.25) is 0 Å². The Labute approximate surface area is 118 Å². The van der Waals surface area contributed by atoms with E-state index < -0.39 is 12.8 Å². The standard InChI is InChI=1S/C12H15F3N2O2S/c1-8-11(18)17(3-4-19-7-12(13,14)15)10(16-8)9-2-5-20-6-9/h2,5-6,8,10,16H,3-4,7H2,1H3. The summed E-state index contributed by atoms with van der Waals surface area (Å²) >= 11 is 1.50. The molecule has 1 aromatic heterocycles. The summed E-state index contributed by atoms with van der Waals surface area (Å²) in [6.45, 7) is 0.437. The van der Waals surface area contributed by atoms with Gasteiger partial charge in [-0.1, -0.05) is 0 Å². The molecule has 1 saturated heterocycles. The molecule has 1 N–H and O–H groups in total. The molecule has 20 heavy (non-hydrogen) atoms. The first-order valence-corrected chi connectivity index (χ1v) is 7.06. The molecule has 0 bridgehead atoms. The number of nitrogens with one attached hydrogen (secondary N) is 1. The van der Waals surface area contributed by atoms with Gasteiger partial charge < -0.3 is 9.64 Å². The van der Waals surface area contributed by atoms with Crippen molar-refractivity contribution >= 4 is 17.2 Å². The van der Waals surface area contributed by atoms with E-state index in [2.05, 4.69) is 10.1 Å². The number of amides is 1. The molecular formula is C12H15F3N2O2S. The molecule has 112 valence electrons. The van der Waals surface area contributed by atoms with Crippen LogP contribution in [0.15, 0.2) is 16.8 Å². The minimum absolute atomic E-state index is 0.128. The smallest absolute Gasteiger partial charge is 0.370 e.